The molecule has 0 saturated heterocycles. The van der Waals surface area contributed by atoms with Gasteiger partial charge in [0.05, 0.1) is 25.4 Å². The van der Waals surface area contributed by atoms with Crippen LogP contribution in [-0.4, -0.2) is 47.4 Å². The number of hydrogen-bond acceptors (Lipinski definition) is 5. The van der Waals surface area contributed by atoms with Gasteiger partial charge in [-0.15, -0.1) is 0 Å². The summed E-state index contributed by atoms with van der Waals surface area (Å²) in [6.07, 6.45) is 91.5. The van der Waals surface area contributed by atoms with Crippen molar-refractivity contribution in [1.29, 1.82) is 0 Å². The summed E-state index contributed by atoms with van der Waals surface area (Å²) in [5.41, 5.74) is 0. The zero-order chi connectivity index (χ0) is 59.2. The molecule has 6 heteroatoms. The van der Waals surface area contributed by atoms with Gasteiger partial charge in [0.1, 0.15) is 0 Å². The predicted molar refractivity (Wildman–Crippen MR) is 361 cm³/mol. The molecule has 486 valence electrons. The average molecular weight is 1160 g/mol. The number of esters is 1. The first-order valence-electron chi connectivity index (χ1n) is 37.6. The molecule has 0 aliphatic heterocycles. The number of hydrogen-bond donors (Lipinski definition) is 3. The highest BCUT2D eigenvalue weighted by molar-refractivity contribution is 5.76. The van der Waals surface area contributed by atoms with Crippen molar-refractivity contribution < 1.29 is 24.5 Å². The Labute approximate surface area is 513 Å². The maximum atomic E-state index is 12.5. The molecule has 6 nitrogen and oxygen atoms in total. The Morgan fingerprint density at radius 3 is 0.866 bits per heavy atom. The van der Waals surface area contributed by atoms with Crippen molar-refractivity contribution in [3.05, 3.63) is 24.3 Å². The molecule has 2 atom stereocenters. The molecule has 2 unspecified atom stereocenters. The predicted octanol–water partition coefficient (Wildman–Crippen LogP) is 24.5. The molecule has 0 bridgehead atoms. The number of aliphatic hydroxyl groups is 2. The highest BCUT2D eigenvalue weighted by atomic mass is 16.5. The molecule has 0 spiro atoms. The Morgan fingerprint density at radius 1 is 0.329 bits per heavy atom. The summed E-state index contributed by atoms with van der Waals surface area (Å²) < 4.78 is 5.51. The van der Waals surface area contributed by atoms with Crippen LogP contribution in [0.1, 0.15) is 425 Å². The first-order valence-corrected chi connectivity index (χ1v) is 37.6. The fourth-order valence-corrected chi connectivity index (χ4v) is 12.0. The lowest BCUT2D eigenvalue weighted by Gasteiger charge is -2.20. The quantitative estimate of drug-likeness (QED) is 0.0320. The minimum Gasteiger partial charge on any atom is -0.466 e. The van der Waals surface area contributed by atoms with Gasteiger partial charge in [-0.1, -0.05) is 378 Å². The van der Waals surface area contributed by atoms with Crippen LogP contribution in [0.25, 0.3) is 0 Å². The Balaban J connectivity index is 3.33. The third-order valence-electron chi connectivity index (χ3n) is 17.7. The Hall–Kier alpha value is -1.66. The molecule has 0 fully saturated rings. The summed E-state index contributed by atoms with van der Waals surface area (Å²) in [5, 5.41) is 23.2. The minimum atomic E-state index is -0.841. The second-order valence-electron chi connectivity index (χ2n) is 26.0. The van der Waals surface area contributed by atoms with Crippen molar-refractivity contribution in [1.82, 2.24) is 5.32 Å². The van der Waals surface area contributed by atoms with E-state index in [1.165, 1.54) is 360 Å². The summed E-state index contributed by atoms with van der Waals surface area (Å²) in [5.74, 6) is -0.0378. The minimum absolute atomic E-state index is 0.0242. The fraction of sp³-hybridized carbons (Fsp3) is 0.921. The van der Waals surface area contributed by atoms with Crippen molar-refractivity contribution in [3.63, 3.8) is 0 Å². The SMILES string of the molecule is CCCCCCCCCCCCCC/C=C/C(O)C(CO)NC(=O)CCCCCCCCCCCCCCCCCCC/C=C\CCCCCCCCCCCCCCCCOC(=O)CCCCCCCCCCCCCCCCCC. The first-order chi connectivity index (χ1) is 40.5. The van der Waals surface area contributed by atoms with E-state index in [1.807, 2.05) is 6.08 Å². The lowest BCUT2D eigenvalue weighted by atomic mass is 10.0. The number of allylic oxidation sites excluding steroid dienone is 3. The summed E-state index contributed by atoms with van der Waals surface area (Å²) >= 11 is 0. The van der Waals surface area contributed by atoms with Crippen molar-refractivity contribution in [3.8, 4) is 0 Å². The molecule has 0 aromatic carbocycles. The molecular weight excluding hydrogens is 1010 g/mol. The summed E-state index contributed by atoms with van der Waals surface area (Å²) in [7, 11) is 0. The number of rotatable bonds is 71. The highest BCUT2D eigenvalue weighted by Gasteiger charge is 2.18. The van der Waals surface area contributed by atoms with Gasteiger partial charge < -0.3 is 20.3 Å². The van der Waals surface area contributed by atoms with E-state index in [0.29, 0.717) is 19.4 Å². The van der Waals surface area contributed by atoms with Gasteiger partial charge in [-0.25, -0.2) is 0 Å². The smallest absolute Gasteiger partial charge is 0.305 e. The van der Waals surface area contributed by atoms with Crippen LogP contribution >= 0.6 is 0 Å². The maximum absolute atomic E-state index is 12.5. The Morgan fingerprint density at radius 2 is 0.573 bits per heavy atom. The maximum Gasteiger partial charge on any atom is 0.305 e. The molecule has 3 N–H and O–H groups in total. The normalized spacial score (nSPS) is 12.6. The van der Waals surface area contributed by atoms with E-state index in [9.17, 15) is 19.8 Å². The van der Waals surface area contributed by atoms with Crippen molar-refractivity contribution >= 4 is 11.9 Å². The van der Waals surface area contributed by atoms with Crippen molar-refractivity contribution in [2.45, 2.75) is 437 Å². The molecule has 0 heterocycles. The van der Waals surface area contributed by atoms with Gasteiger partial charge in [-0.2, -0.15) is 0 Å². The van der Waals surface area contributed by atoms with E-state index < -0.39 is 12.1 Å². The molecule has 0 radical (unpaired) electrons. The number of amides is 1. The van der Waals surface area contributed by atoms with Crippen molar-refractivity contribution in [2.75, 3.05) is 13.2 Å². The van der Waals surface area contributed by atoms with E-state index in [1.54, 1.807) is 6.08 Å². The number of aliphatic hydroxyl groups excluding tert-OH is 2. The number of ether oxygens (including phenoxy) is 1. The Bertz CT molecular complexity index is 1280. The molecule has 0 rings (SSSR count). The second kappa shape index (κ2) is 71.8. The van der Waals surface area contributed by atoms with E-state index in [-0.39, 0.29) is 18.5 Å². The van der Waals surface area contributed by atoms with Gasteiger partial charge >= 0.3 is 5.97 Å². The summed E-state index contributed by atoms with van der Waals surface area (Å²) in [4.78, 5) is 24.6. The van der Waals surface area contributed by atoms with E-state index in [2.05, 4.69) is 31.3 Å². The topological polar surface area (TPSA) is 95.9 Å². The van der Waals surface area contributed by atoms with Crippen LogP contribution in [0.4, 0.5) is 0 Å². The molecule has 0 saturated carbocycles. The number of carbonyl (C=O) groups is 2. The summed E-state index contributed by atoms with van der Waals surface area (Å²) in [6, 6.07) is -0.624. The van der Waals surface area contributed by atoms with Crippen LogP contribution in [0.2, 0.25) is 0 Å². The molecule has 82 heavy (non-hydrogen) atoms. The van der Waals surface area contributed by atoms with Gasteiger partial charge in [0.15, 0.2) is 0 Å². The molecule has 0 aromatic rings. The van der Waals surface area contributed by atoms with Crippen LogP contribution in [0, 0.1) is 0 Å². The van der Waals surface area contributed by atoms with Crippen molar-refractivity contribution in [2.24, 2.45) is 0 Å². The van der Waals surface area contributed by atoms with Gasteiger partial charge in [-0.05, 0) is 57.8 Å². The van der Waals surface area contributed by atoms with Crippen LogP contribution in [0.3, 0.4) is 0 Å². The third kappa shape index (κ3) is 67.5. The molecule has 0 aliphatic rings. The van der Waals surface area contributed by atoms with E-state index >= 15 is 0 Å². The lowest BCUT2D eigenvalue weighted by Crippen LogP contribution is -2.45. The zero-order valence-electron chi connectivity index (χ0n) is 55.8. The summed E-state index contributed by atoms with van der Waals surface area (Å²) in [6.45, 7) is 4.95. The van der Waals surface area contributed by atoms with Gasteiger partial charge in [0, 0.05) is 12.8 Å². The van der Waals surface area contributed by atoms with Gasteiger partial charge in [0.2, 0.25) is 5.91 Å². The van der Waals surface area contributed by atoms with E-state index in [0.717, 1.165) is 38.5 Å². The van der Waals surface area contributed by atoms with Gasteiger partial charge in [-0.3, -0.25) is 9.59 Å². The molecule has 0 aromatic heterocycles. The lowest BCUT2D eigenvalue weighted by molar-refractivity contribution is -0.143. The van der Waals surface area contributed by atoms with Crippen LogP contribution in [0.5, 0.6) is 0 Å². The molecule has 0 aliphatic carbocycles. The van der Waals surface area contributed by atoms with E-state index in [4.69, 9.17) is 4.74 Å². The first kappa shape index (κ1) is 80.3. The zero-order valence-corrected chi connectivity index (χ0v) is 55.8. The number of nitrogens with one attached hydrogen (secondary N) is 1. The number of unbranched alkanes of at least 4 members (excludes halogenated alkanes) is 58. The average Bonchev–Trinajstić information content (AvgIpc) is 3.48. The van der Waals surface area contributed by atoms with Crippen LogP contribution < -0.4 is 5.32 Å². The van der Waals surface area contributed by atoms with Crippen LogP contribution in [0.15, 0.2) is 24.3 Å². The fourth-order valence-electron chi connectivity index (χ4n) is 12.0. The van der Waals surface area contributed by atoms with Crippen LogP contribution in [-0.2, 0) is 14.3 Å². The Kier molecular flexibility index (Phi) is 70.4. The largest absolute Gasteiger partial charge is 0.466 e. The second-order valence-corrected chi connectivity index (χ2v) is 26.0. The van der Waals surface area contributed by atoms with Gasteiger partial charge in [0.25, 0.3) is 0 Å². The highest BCUT2D eigenvalue weighted by Crippen LogP contribution is 2.19. The number of carbonyl (C=O) groups excluding carboxylic acids is 2. The molecular formula is C76H147NO5. The third-order valence-corrected chi connectivity index (χ3v) is 17.7. The molecule has 1 amide bonds. The monoisotopic (exact) mass is 1150 g/mol. The standard InChI is InChI=1S/C76H147NO5/c1-3-5-7-9-11-13-15-17-19-42-46-50-54-58-62-66-70-76(81)82-71-67-63-59-55-51-47-43-40-38-36-34-32-30-28-26-24-22-20-21-23-25-27-29-31-33-35-37-39-41-45-49-53-57-61-65-69-75(80)77-73(72-78)74(79)68-64-60-56-52-48-44-18-16-14-12-10-8-6-4-2/h22,24,64,68,73-74,78-79H,3-21,23,25-63,65-67,69-72H2,1-2H3,(H,77,80)/b24-22-,68-64+.